The number of nitrogens with zero attached hydrogens (tertiary/aromatic N) is 4. The third kappa shape index (κ3) is 5.07. The second-order valence-corrected chi connectivity index (χ2v) is 7.96. The van der Waals surface area contributed by atoms with Crippen LogP contribution < -0.4 is 15.2 Å². The number of hydrogen-bond acceptors (Lipinski definition) is 7. The third-order valence-corrected chi connectivity index (χ3v) is 5.70. The van der Waals surface area contributed by atoms with Crippen LogP contribution in [0.1, 0.15) is 38.2 Å². The van der Waals surface area contributed by atoms with E-state index in [4.69, 9.17) is 4.74 Å². The highest BCUT2D eigenvalue weighted by Crippen LogP contribution is 2.25. The zero-order valence-corrected chi connectivity index (χ0v) is 18.4. The number of pyridine rings is 1. The van der Waals surface area contributed by atoms with E-state index in [-0.39, 0.29) is 24.6 Å². The van der Waals surface area contributed by atoms with Gasteiger partial charge in [0.15, 0.2) is 0 Å². The Labute approximate surface area is 188 Å². The van der Waals surface area contributed by atoms with E-state index in [1.54, 1.807) is 18.1 Å². The minimum atomic E-state index is -0.611. The monoisotopic (exact) mass is 435 g/mol. The number of rotatable bonds is 7. The number of aromatic nitrogens is 1. The lowest BCUT2D eigenvalue weighted by Gasteiger charge is -2.28. The van der Waals surface area contributed by atoms with Crippen molar-refractivity contribution in [3.05, 3.63) is 54.2 Å². The van der Waals surface area contributed by atoms with Crippen molar-refractivity contribution >= 4 is 29.1 Å². The molecule has 1 fully saturated rings. The van der Waals surface area contributed by atoms with Crippen LogP contribution in [0.25, 0.3) is 0 Å². The van der Waals surface area contributed by atoms with Crippen molar-refractivity contribution in [3.63, 3.8) is 0 Å². The first-order valence-electron chi connectivity index (χ1n) is 11.2. The molecule has 0 bridgehead atoms. The summed E-state index contributed by atoms with van der Waals surface area (Å²) >= 11 is 0. The summed E-state index contributed by atoms with van der Waals surface area (Å²) < 4.78 is 5.10. The van der Waals surface area contributed by atoms with E-state index < -0.39 is 12.0 Å². The molecule has 1 aromatic carbocycles. The average Bonchev–Trinajstić information content (AvgIpc) is 3.30. The molecule has 8 nitrogen and oxygen atoms in total. The predicted octanol–water partition coefficient (Wildman–Crippen LogP) is 2.89. The molecule has 0 saturated carbocycles. The smallest absolute Gasteiger partial charge is 0.354 e. The SMILES string of the molecule is CCOC(=O)C1=NN(c2ccccc2)C(C(=O)NCc2ccnc(N3CCCCC3)c2)C1. The van der Waals surface area contributed by atoms with Crippen LogP contribution in [0.5, 0.6) is 0 Å². The molecule has 1 N–H and O–H groups in total. The predicted molar refractivity (Wildman–Crippen MR) is 124 cm³/mol. The molecule has 1 amide bonds. The molecular weight excluding hydrogens is 406 g/mol. The highest BCUT2D eigenvalue weighted by atomic mass is 16.5. The number of carbonyl (C=O) groups is 2. The Kier molecular flexibility index (Phi) is 6.99. The summed E-state index contributed by atoms with van der Waals surface area (Å²) in [7, 11) is 0. The molecule has 1 aromatic heterocycles. The van der Waals surface area contributed by atoms with E-state index in [0.29, 0.717) is 6.54 Å². The number of nitrogens with one attached hydrogen (secondary N) is 1. The first-order valence-corrected chi connectivity index (χ1v) is 11.2. The molecule has 3 heterocycles. The van der Waals surface area contributed by atoms with Crippen LogP contribution in [0, 0.1) is 0 Å². The van der Waals surface area contributed by atoms with Gasteiger partial charge in [-0.2, -0.15) is 5.10 Å². The zero-order chi connectivity index (χ0) is 22.3. The van der Waals surface area contributed by atoms with Crippen LogP contribution in [0.4, 0.5) is 11.5 Å². The zero-order valence-electron chi connectivity index (χ0n) is 18.4. The Morgan fingerprint density at radius 1 is 1.12 bits per heavy atom. The Balaban J connectivity index is 1.44. The van der Waals surface area contributed by atoms with Gasteiger partial charge in [0.25, 0.3) is 0 Å². The molecule has 32 heavy (non-hydrogen) atoms. The van der Waals surface area contributed by atoms with Crippen molar-refractivity contribution in [2.75, 3.05) is 29.6 Å². The molecule has 0 aliphatic carbocycles. The van der Waals surface area contributed by atoms with Crippen molar-refractivity contribution in [2.24, 2.45) is 5.10 Å². The normalized spacial score (nSPS) is 18.3. The van der Waals surface area contributed by atoms with E-state index in [0.717, 1.165) is 30.2 Å². The summed E-state index contributed by atoms with van der Waals surface area (Å²) in [5.41, 5.74) is 2.00. The van der Waals surface area contributed by atoms with Crippen molar-refractivity contribution in [3.8, 4) is 0 Å². The van der Waals surface area contributed by atoms with Crippen LogP contribution >= 0.6 is 0 Å². The molecule has 2 aromatic rings. The van der Waals surface area contributed by atoms with Crippen LogP contribution in [0.2, 0.25) is 0 Å². The molecule has 168 valence electrons. The molecule has 4 rings (SSSR count). The molecule has 2 aliphatic rings. The molecule has 1 atom stereocenters. The van der Waals surface area contributed by atoms with Gasteiger partial charge in [0.05, 0.1) is 12.3 Å². The van der Waals surface area contributed by atoms with Gasteiger partial charge in [-0.25, -0.2) is 9.78 Å². The van der Waals surface area contributed by atoms with E-state index in [1.807, 2.05) is 42.5 Å². The lowest BCUT2D eigenvalue weighted by molar-refractivity contribution is -0.135. The van der Waals surface area contributed by atoms with Gasteiger partial charge >= 0.3 is 5.97 Å². The van der Waals surface area contributed by atoms with Crippen LogP contribution in [-0.2, 0) is 20.9 Å². The number of amides is 1. The van der Waals surface area contributed by atoms with Crippen LogP contribution in [0.3, 0.4) is 0 Å². The maximum atomic E-state index is 13.1. The number of benzene rings is 1. The highest BCUT2D eigenvalue weighted by Gasteiger charge is 2.36. The quantitative estimate of drug-likeness (QED) is 0.673. The topological polar surface area (TPSA) is 87.1 Å². The average molecular weight is 436 g/mol. The van der Waals surface area contributed by atoms with Gasteiger partial charge in [-0.05, 0) is 56.0 Å². The number of para-hydroxylation sites is 1. The van der Waals surface area contributed by atoms with Gasteiger partial charge in [-0.15, -0.1) is 0 Å². The van der Waals surface area contributed by atoms with Crippen molar-refractivity contribution in [1.82, 2.24) is 10.3 Å². The number of ether oxygens (including phenoxy) is 1. The molecule has 1 unspecified atom stereocenters. The van der Waals surface area contributed by atoms with E-state index in [9.17, 15) is 9.59 Å². The van der Waals surface area contributed by atoms with E-state index in [1.165, 1.54) is 19.3 Å². The Bertz CT molecular complexity index is 973. The number of carbonyl (C=O) groups excluding carboxylic acids is 2. The van der Waals surface area contributed by atoms with Crippen LogP contribution in [0.15, 0.2) is 53.8 Å². The second-order valence-electron chi connectivity index (χ2n) is 7.96. The summed E-state index contributed by atoms with van der Waals surface area (Å²) in [6.45, 7) is 4.44. The number of anilines is 2. The minimum Gasteiger partial charge on any atom is -0.461 e. The summed E-state index contributed by atoms with van der Waals surface area (Å²) in [5, 5.41) is 9.02. The summed E-state index contributed by atoms with van der Waals surface area (Å²) in [5.74, 6) is 0.286. The lowest BCUT2D eigenvalue weighted by Crippen LogP contribution is -2.42. The second kappa shape index (κ2) is 10.3. The maximum Gasteiger partial charge on any atom is 0.354 e. The number of hydrogen-bond donors (Lipinski definition) is 1. The molecular formula is C24H29N5O3. The fourth-order valence-corrected chi connectivity index (χ4v) is 4.04. The number of piperidine rings is 1. The van der Waals surface area contributed by atoms with E-state index >= 15 is 0 Å². The Morgan fingerprint density at radius 2 is 1.91 bits per heavy atom. The standard InChI is InChI=1S/C24H29N5O3/c1-2-32-24(31)20-16-21(29(27-20)19-9-5-3-6-10-19)23(30)26-17-18-11-12-25-22(15-18)28-13-7-4-8-14-28/h3,5-6,9-12,15,21H,2,4,7-8,13-14,16-17H2,1H3,(H,26,30). The third-order valence-electron chi connectivity index (χ3n) is 5.70. The first kappa shape index (κ1) is 21.8. The Hall–Kier alpha value is -3.42. The van der Waals surface area contributed by atoms with E-state index in [2.05, 4.69) is 20.3 Å². The molecule has 1 saturated heterocycles. The first-order chi connectivity index (χ1) is 15.7. The fourth-order valence-electron chi connectivity index (χ4n) is 4.04. The van der Waals surface area contributed by atoms with Crippen molar-refractivity contribution < 1.29 is 14.3 Å². The minimum absolute atomic E-state index is 0.187. The molecule has 0 radical (unpaired) electrons. The van der Waals surface area contributed by atoms with Gasteiger partial charge < -0.3 is 15.0 Å². The lowest BCUT2D eigenvalue weighted by atomic mass is 10.1. The summed E-state index contributed by atoms with van der Waals surface area (Å²) in [6.07, 6.45) is 5.63. The van der Waals surface area contributed by atoms with Crippen LogP contribution in [-0.4, -0.2) is 48.3 Å². The van der Waals surface area contributed by atoms with Gasteiger partial charge in [0.1, 0.15) is 17.6 Å². The Morgan fingerprint density at radius 3 is 2.66 bits per heavy atom. The van der Waals surface area contributed by atoms with Gasteiger partial charge in [-0.3, -0.25) is 9.80 Å². The fraction of sp³-hybridized carbons (Fsp3) is 0.417. The maximum absolute atomic E-state index is 13.1. The summed E-state index contributed by atoms with van der Waals surface area (Å²) in [4.78, 5) is 32.1. The van der Waals surface area contributed by atoms with Crippen molar-refractivity contribution in [1.29, 1.82) is 0 Å². The van der Waals surface area contributed by atoms with Gasteiger partial charge in [-0.1, -0.05) is 18.2 Å². The van der Waals surface area contributed by atoms with Gasteiger partial charge in [0.2, 0.25) is 5.91 Å². The van der Waals surface area contributed by atoms with Crippen molar-refractivity contribution in [2.45, 2.75) is 45.2 Å². The largest absolute Gasteiger partial charge is 0.461 e. The highest BCUT2D eigenvalue weighted by molar-refractivity contribution is 6.38. The number of hydrazone groups is 1. The van der Waals surface area contributed by atoms with Gasteiger partial charge in [0, 0.05) is 32.3 Å². The molecule has 2 aliphatic heterocycles. The molecule has 8 heteroatoms. The molecule has 0 spiro atoms. The summed E-state index contributed by atoms with van der Waals surface area (Å²) in [6, 6.07) is 12.7. The number of esters is 1.